The van der Waals surface area contributed by atoms with Gasteiger partial charge in [0.2, 0.25) is 0 Å². The predicted molar refractivity (Wildman–Crippen MR) is 92.6 cm³/mol. The van der Waals surface area contributed by atoms with E-state index >= 15 is 0 Å². The lowest BCUT2D eigenvalue weighted by molar-refractivity contribution is 0.0905. The van der Waals surface area contributed by atoms with Gasteiger partial charge in [0.15, 0.2) is 0 Å². The highest BCUT2D eigenvalue weighted by molar-refractivity contribution is 7.89. The highest BCUT2D eigenvalue weighted by Crippen LogP contribution is 2.24. The van der Waals surface area contributed by atoms with Crippen molar-refractivity contribution in [1.29, 1.82) is 0 Å². The molecule has 25 heavy (non-hydrogen) atoms. The zero-order chi connectivity index (χ0) is 17.5. The van der Waals surface area contributed by atoms with Gasteiger partial charge in [0.1, 0.15) is 11.5 Å². The van der Waals surface area contributed by atoms with Crippen molar-refractivity contribution in [2.45, 2.75) is 49.5 Å². The Morgan fingerprint density at radius 1 is 1.12 bits per heavy atom. The monoisotopic (exact) mass is 365 g/mol. The fourth-order valence-corrected chi connectivity index (χ4v) is 3.67. The number of furan rings is 1. The summed E-state index contributed by atoms with van der Waals surface area (Å²) in [4.78, 5) is 7.38. The van der Waals surface area contributed by atoms with E-state index in [1.807, 2.05) is 12.1 Å². The van der Waals surface area contributed by atoms with Gasteiger partial charge in [0, 0.05) is 6.42 Å². The van der Waals surface area contributed by atoms with Crippen molar-refractivity contribution < 1.29 is 22.4 Å². The smallest absolute Gasteiger partial charge is 0.262 e. The van der Waals surface area contributed by atoms with Gasteiger partial charge in [0.25, 0.3) is 10.0 Å². The molecule has 3 rings (SSSR count). The maximum absolute atomic E-state index is 12.2. The lowest BCUT2D eigenvalue weighted by Gasteiger charge is -2.13. The van der Waals surface area contributed by atoms with E-state index in [-0.39, 0.29) is 17.6 Å². The molecule has 0 unspecified atom stereocenters. The van der Waals surface area contributed by atoms with Crippen LogP contribution in [0.3, 0.4) is 0 Å². The molecule has 0 aliphatic heterocycles. The van der Waals surface area contributed by atoms with E-state index in [2.05, 4.69) is 4.89 Å². The number of sulfonamides is 1. The van der Waals surface area contributed by atoms with Gasteiger partial charge in [-0.2, -0.15) is 0 Å². The summed E-state index contributed by atoms with van der Waals surface area (Å²) >= 11 is 0. The molecule has 1 saturated carbocycles. The highest BCUT2D eigenvalue weighted by atomic mass is 32.2. The molecule has 1 aromatic heterocycles. The van der Waals surface area contributed by atoms with E-state index in [9.17, 15) is 8.42 Å². The molecule has 136 valence electrons. The molecule has 1 aliphatic carbocycles. The van der Waals surface area contributed by atoms with Crippen molar-refractivity contribution in [1.82, 2.24) is 4.89 Å². The minimum absolute atomic E-state index is 0.150. The van der Waals surface area contributed by atoms with Gasteiger partial charge in [-0.25, -0.2) is 8.42 Å². The normalized spacial score (nSPS) is 15.5. The Balaban J connectivity index is 1.44. The maximum atomic E-state index is 12.2. The molecule has 6 nitrogen and oxygen atoms in total. The molecule has 0 bridgehead atoms. The van der Waals surface area contributed by atoms with Crippen molar-refractivity contribution in [2.75, 3.05) is 6.61 Å². The van der Waals surface area contributed by atoms with Gasteiger partial charge < -0.3 is 9.15 Å². The Morgan fingerprint density at radius 2 is 1.88 bits per heavy atom. The molecule has 0 atom stereocenters. The first kappa shape index (κ1) is 18.0. The second-order valence-electron chi connectivity index (χ2n) is 6.11. The summed E-state index contributed by atoms with van der Waals surface area (Å²) in [6, 6.07) is 10.1. The number of hydrogen-bond donors (Lipinski definition) is 1. The van der Waals surface area contributed by atoms with Gasteiger partial charge in [0.05, 0.1) is 23.9 Å². The maximum Gasteiger partial charge on any atom is 0.262 e. The molecule has 1 fully saturated rings. The van der Waals surface area contributed by atoms with Crippen molar-refractivity contribution in [3.63, 3.8) is 0 Å². The largest absolute Gasteiger partial charge is 0.490 e. The molecular formula is C18H23NO5S. The number of rotatable bonds is 9. The summed E-state index contributed by atoms with van der Waals surface area (Å²) in [6.45, 7) is 0.267. The average molecular weight is 365 g/mol. The summed E-state index contributed by atoms with van der Waals surface area (Å²) < 4.78 is 35.4. The van der Waals surface area contributed by atoms with Crippen LogP contribution in [-0.4, -0.2) is 21.1 Å². The molecule has 0 amide bonds. The van der Waals surface area contributed by atoms with Crippen LogP contribution >= 0.6 is 0 Å². The standard InChI is InChI=1S/C18H23NO5S/c20-25(21,19-23-14-4-8-15-7-3-13-22-15)18-11-9-17(10-12-18)24-16-5-1-2-6-16/h3,7,9-13,16,19H,1-2,4-6,8,14H2. The first-order chi connectivity index (χ1) is 12.1. The molecule has 1 heterocycles. The van der Waals surface area contributed by atoms with Gasteiger partial charge in [-0.15, -0.1) is 0 Å². The van der Waals surface area contributed by atoms with Gasteiger partial charge in [-0.1, -0.05) is 4.89 Å². The fraction of sp³-hybridized carbons (Fsp3) is 0.444. The molecule has 2 aromatic rings. The minimum atomic E-state index is -3.69. The van der Waals surface area contributed by atoms with Crippen LogP contribution in [0.1, 0.15) is 37.9 Å². The zero-order valence-corrected chi connectivity index (χ0v) is 14.8. The second-order valence-corrected chi connectivity index (χ2v) is 7.76. The Morgan fingerprint density at radius 3 is 2.56 bits per heavy atom. The summed E-state index contributed by atoms with van der Waals surface area (Å²) in [5.74, 6) is 1.55. The molecule has 0 radical (unpaired) electrons. The van der Waals surface area contributed by atoms with Crippen LogP contribution in [0.2, 0.25) is 0 Å². The SMILES string of the molecule is O=S(=O)(NOCCCc1ccco1)c1ccc(OC2CCCC2)cc1. The van der Waals surface area contributed by atoms with Crippen molar-refractivity contribution >= 4 is 10.0 Å². The van der Waals surface area contributed by atoms with E-state index in [0.717, 1.165) is 18.6 Å². The van der Waals surface area contributed by atoms with Crippen LogP contribution in [-0.2, 0) is 21.3 Å². The number of ether oxygens (including phenoxy) is 1. The third-order valence-corrected chi connectivity index (χ3v) is 5.39. The van der Waals surface area contributed by atoms with Crippen LogP contribution in [0, 0.1) is 0 Å². The van der Waals surface area contributed by atoms with Gasteiger partial charge >= 0.3 is 0 Å². The van der Waals surface area contributed by atoms with Crippen LogP contribution in [0.25, 0.3) is 0 Å². The molecule has 1 N–H and O–H groups in total. The molecule has 1 aliphatic rings. The van der Waals surface area contributed by atoms with Gasteiger partial charge in [-0.3, -0.25) is 4.84 Å². The van der Waals surface area contributed by atoms with E-state index in [1.165, 1.54) is 25.0 Å². The Hall–Kier alpha value is -1.83. The Kier molecular flexibility index (Phi) is 6.12. The van der Waals surface area contributed by atoms with Crippen LogP contribution < -0.4 is 9.62 Å². The predicted octanol–water partition coefficient (Wildman–Crippen LogP) is 3.44. The quantitative estimate of drug-likeness (QED) is 0.544. The van der Waals surface area contributed by atoms with E-state index in [0.29, 0.717) is 18.6 Å². The Bertz CT molecular complexity index is 734. The average Bonchev–Trinajstić information content (AvgIpc) is 3.29. The lowest BCUT2D eigenvalue weighted by Crippen LogP contribution is -2.24. The summed E-state index contributed by atoms with van der Waals surface area (Å²) in [5, 5.41) is 0. The summed E-state index contributed by atoms with van der Waals surface area (Å²) in [7, 11) is -3.69. The second kappa shape index (κ2) is 8.51. The van der Waals surface area contributed by atoms with Crippen molar-refractivity contribution in [2.24, 2.45) is 0 Å². The fourth-order valence-electron chi connectivity index (χ4n) is 2.84. The third kappa shape index (κ3) is 5.32. The first-order valence-corrected chi connectivity index (χ1v) is 10.0. The number of hydrogen-bond acceptors (Lipinski definition) is 5. The molecule has 7 heteroatoms. The third-order valence-electron chi connectivity index (χ3n) is 4.16. The van der Waals surface area contributed by atoms with E-state index in [1.54, 1.807) is 18.4 Å². The van der Waals surface area contributed by atoms with E-state index < -0.39 is 10.0 Å². The Labute approximate surface area is 148 Å². The lowest BCUT2D eigenvalue weighted by atomic mass is 10.3. The van der Waals surface area contributed by atoms with Crippen LogP contribution in [0.5, 0.6) is 5.75 Å². The highest BCUT2D eigenvalue weighted by Gasteiger charge is 2.18. The molecule has 1 aromatic carbocycles. The number of aryl methyl sites for hydroxylation is 1. The van der Waals surface area contributed by atoms with Crippen LogP contribution in [0.15, 0.2) is 52.0 Å². The van der Waals surface area contributed by atoms with E-state index in [4.69, 9.17) is 14.0 Å². The van der Waals surface area contributed by atoms with Crippen molar-refractivity contribution in [3.8, 4) is 5.75 Å². The molecular weight excluding hydrogens is 342 g/mol. The molecule has 0 spiro atoms. The van der Waals surface area contributed by atoms with Crippen molar-refractivity contribution in [3.05, 3.63) is 48.4 Å². The zero-order valence-electron chi connectivity index (χ0n) is 14.0. The summed E-state index contributed by atoms with van der Waals surface area (Å²) in [5.41, 5.74) is 0. The molecule has 0 saturated heterocycles. The minimum Gasteiger partial charge on any atom is -0.490 e. The van der Waals surface area contributed by atoms with Gasteiger partial charge in [-0.05, 0) is 68.5 Å². The number of benzene rings is 1. The van der Waals surface area contributed by atoms with Crippen LogP contribution in [0.4, 0.5) is 0 Å². The number of nitrogens with one attached hydrogen (secondary N) is 1. The topological polar surface area (TPSA) is 77.8 Å². The first-order valence-electron chi connectivity index (χ1n) is 8.56. The summed E-state index contributed by atoms with van der Waals surface area (Å²) in [6.07, 6.45) is 7.72.